The highest BCUT2D eigenvalue weighted by Crippen LogP contribution is 2.66. The second-order valence-electron chi connectivity index (χ2n) is 12.6. The summed E-state index contributed by atoms with van der Waals surface area (Å²) in [5, 5.41) is 9.21. The predicted molar refractivity (Wildman–Crippen MR) is 165 cm³/mol. The van der Waals surface area contributed by atoms with Crippen molar-refractivity contribution in [2.24, 2.45) is 11.8 Å². The first kappa shape index (κ1) is 31.4. The number of likely N-dealkylation sites (tertiary alicyclic amines) is 1. The lowest BCUT2D eigenvalue weighted by Crippen LogP contribution is -2.58. The minimum Gasteiger partial charge on any atom is -0.396 e. The third-order valence-corrected chi connectivity index (χ3v) is 10.8. The van der Waals surface area contributed by atoms with Crippen molar-refractivity contribution in [2.45, 2.75) is 87.4 Å². The van der Waals surface area contributed by atoms with Crippen LogP contribution in [0.15, 0.2) is 55.6 Å². The summed E-state index contributed by atoms with van der Waals surface area (Å²) in [6.07, 6.45) is 8.32. The molecule has 8 heteroatoms. The van der Waals surface area contributed by atoms with Gasteiger partial charge in [-0.25, -0.2) is 0 Å². The number of hydrogen-bond donors (Lipinski definition) is 1. The van der Waals surface area contributed by atoms with Crippen molar-refractivity contribution in [1.82, 2.24) is 14.7 Å². The van der Waals surface area contributed by atoms with Crippen LogP contribution in [0.4, 0.5) is 0 Å². The highest BCUT2D eigenvalue weighted by molar-refractivity contribution is 8.02. The number of rotatable bonds is 14. The van der Waals surface area contributed by atoms with E-state index in [2.05, 4.69) is 13.2 Å². The molecule has 3 saturated heterocycles. The van der Waals surface area contributed by atoms with E-state index in [0.29, 0.717) is 26.2 Å². The number of unbranched alkanes of at least 4 members (excludes halogenated alkanes) is 3. The van der Waals surface area contributed by atoms with Crippen molar-refractivity contribution in [2.75, 3.05) is 26.2 Å². The molecule has 1 aromatic carbocycles. The molecule has 7 nitrogen and oxygen atoms in total. The maximum Gasteiger partial charge on any atom is 0.247 e. The van der Waals surface area contributed by atoms with Crippen molar-refractivity contribution < 1.29 is 19.5 Å². The van der Waals surface area contributed by atoms with Crippen LogP contribution >= 0.6 is 11.8 Å². The normalized spacial score (nSPS) is 26.6. The van der Waals surface area contributed by atoms with Gasteiger partial charge in [0.1, 0.15) is 6.04 Å². The minimum atomic E-state index is -0.610. The van der Waals surface area contributed by atoms with Crippen molar-refractivity contribution in [1.29, 1.82) is 0 Å². The van der Waals surface area contributed by atoms with E-state index in [0.717, 1.165) is 44.1 Å². The highest BCUT2D eigenvalue weighted by atomic mass is 32.2. The summed E-state index contributed by atoms with van der Waals surface area (Å²) in [6, 6.07) is 9.30. The number of thioether (sulfide) groups is 1. The molecular formula is C33H47N3O4S. The summed E-state index contributed by atoms with van der Waals surface area (Å²) < 4.78 is -0.610. The molecule has 3 heterocycles. The van der Waals surface area contributed by atoms with E-state index in [1.807, 2.05) is 65.8 Å². The Bertz CT molecular complexity index is 1120. The molecule has 0 aromatic heterocycles. The van der Waals surface area contributed by atoms with Gasteiger partial charge in [0, 0.05) is 43.6 Å². The molecule has 2 unspecified atom stereocenters. The molecular weight excluding hydrogens is 534 g/mol. The summed E-state index contributed by atoms with van der Waals surface area (Å²) in [5.74, 6) is -1.08. The van der Waals surface area contributed by atoms with Crippen LogP contribution in [-0.4, -0.2) is 85.3 Å². The monoisotopic (exact) mass is 581 g/mol. The fraction of sp³-hybridized carbons (Fsp3) is 0.606. The van der Waals surface area contributed by atoms with E-state index in [9.17, 15) is 19.5 Å². The van der Waals surface area contributed by atoms with Gasteiger partial charge in [0.15, 0.2) is 0 Å². The molecule has 1 aromatic rings. The fourth-order valence-corrected chi connectivity index (χ4v) is 9.28. The van der Waals surface area contributed by atoms with Crippen LogP contribution in [0.25, 0.3) is 0 Å². The van der Waals surface area contributed by atoms with Gasteiger partial charge in [-0.2, -0.15) is 0 Å². The maximum atomic E-state index is 14.5. The lowest BCUT2D eigenvalue weighted by atomic mass is 9.70. The second-order valence-corrected chi connectivity index (χ2v) is 14.2. The van der Waals surface area contributed by atoms with E-state index in [-0.39, 0.29) is 29.6 Å². The van der Waals surface area contributed by atoms with E-state index >= 15 is 0 Å². The Morgan fingerprint density at radius 1 is 1.07 bits per heavy atom. The van der Waals surface area contributed by atoms with Crippen molar-refractivity contribution in [3.63, 3.8) is 0 Å². The van der Waals surface area contributed by atoms with Crippen LogP contribution in [0.2, 0.25) is 0 Å². The number of hydrogen-bond acceptors (Lipinski definition) is 5. The maximum absolute atomic E-state index is 14.5. The predicted octanol–water partition coefficient (Wildman–Crippen LogP) is 4.66. The van der Waals surface area contributed by atoms with E-state index < -0.39 is 28.2 Å². The largest absolute Gasteiger partial charge is 0.396 e. The molecule has 3 aliphatic rings. The van der Waals surface area contributed by atoms with Gasteiger partial charge in [-0.15, -0.1) is 24.9 Å². The summed E-state index contributed by atoms with van der Waals surface area (Å²) in [7, 11) is 0. The Balaban J connectivity index is 1.68. The van der Waals surface area contributed by atoms with E-state index in [1.54, 1.807) is 23.9 Å². The molecule has 41 heavy (non-hydrogen) atoms. The van der Waals surface area contributed by atoms with Crippen LogP contribution in [0.5, 0.6) is 0 Å². The van der Waals surface area contributed by atoms with Gasteiger partial charge < -0.3 is 19.8 Å². The third-order valence-electron chi connectivity index (χ3n) is 8.89. The lowest BCUT2D eigenvalue weighted by Gasteiger charge is -2.42. The van der Waals surface area contributed by atoms with Gasteiger partial charge in [0.05, 0.1) is 16.6 Å². The second kappa shape index (κ2) is 13.2. The number of carbonyl (C=O) groups excluding carboxylic acids is 3. The standard InChI is InChI=1S/C33H47N3O4S/c1-6-19-34(23-24-15-11-10-12-16-24)29(38)26-25-17-18-33(41-25)27(26)30(39)35(21-13-8-9-14-22-37)28(33)31(40)36(20-7-2)32(3,4)5/h6-7,10-12,15-16,25-28,37H,1-2,8-9,13-14,17-23H2,3-5H3/t25-,26+,27-,28?,33?/m0/s1. The topological polar surface area (TPSA) is 81.2 Å². The van der Waals surface area contributed by atoms with Crippen molar-refractivity contribution in [3.8, 4) is 0 Å². The molecule has 3 aliphatic heterocycles. The average Bonchev–Trinajstić information content (AvgIpc) is 3.58. The Kier molecular flexibility index (Phi) is 10.1. The molecule has 1 N–H and O–H groups in total. The Hall–Kier alpha value is -2.58. The van der Waals surface area contributed by atoms with Gasteiger partial charge in [0.25, 0.3) is 0 Å². The van der Waals surface area contributed by atoms with E-state index in [1.165, 1.54) is 0 Å². The minimum absolute atomic E-state index is 0.0130. The summed E-state index contributed by atoms with van der Waals surface area (Å²) in [6.45, 7) is 15.7. The van der Waals surface area contributed by atoms with Crippen molar-refractivity contribution in [3.05, 3.63) is 61.2 Å². The molecule has 0 aliphatic carbocycles. The zero-order valence-electron chi connectivity index (χ0n) is 25.0. The molecule has 0 saturated carbocycles. The Labute approximate surface area is 250 Å². The molecule has 3 amide bonds. The number of aliphatic hydroxyl groups excluding tert-OH is 1. The lowest BCUT2D eigenvalue weighted by molar-refractivity contribution is -0.146. The number of carbonyl (C=O) groups is 3. The van der Waals surface area contributed by atoms with Crippen LogP contribution in [-0.2, 0) is 20.9 Å². The zero-order valence-corrected chi connectivity index (χ0v) is 25.8. The van der Waals surface area contributed by atoms with Crippen LogP contribution < -0.4 is 0 Å². The summed E-state index contributed by atoms with van der Waals surface area (Å²) in [4.78, 5) is 48.6. The molecule has 4 rings (SSSR count). The van der Waals surface area contributed by atoms with Gasteiger partial charge in [-0.05, 0) is 52.0 Å². The molecule has 3 fully saturated rings. The highest BCUT2D eigenvalue weighted by Gasteiger charge is 2.74. The van der Waals surface area contributed by atoms with Gasteiger partial charge in [-0.3, -0.25) is 14.4 Å². The average molecular weight is 582 g/mol. The van der Waals surface area contributed by atoms with Crippen molar-refractivity contribution >= 4 is 29.5 Å². The Morgan fingerprint density at radius 3 is 2.39 bits per heavy atom. The van der Waals surface area contributed by atoms with Crippen LogP contribution in [0, 0.1) is 11.8 Å². The zero-order chi connectivity index (χ0) is 29.8. The van der Waals surface area contributed by atoms with Gasteiger partial charge in [0.2, 0.25) is 17.7 Å². The Morgan fingerprint density at radius 2 is 1.76 bits per heavy atom. The number of nitrogens with zero attached hydrogens (tertiary/aromatic N) is 3. The van der Waals surface area contributed by atoms with E-state index in [4.69, 9.17) is 0 Å². The first-order chi connectivity index (χ1) is 19.6. The molecule has 1 spiro atoms. The molecule has 0 radical (unpaired) electrons. The molecule has 2 bridgehead atoms. The molecule has 224 valence electrons. The summed E-state index contributed by atoms with van der Waals surface area (Å²) >= 11 is 1.72. The van der Waals surface area contributed by atoms with Crippen LogP contribution in [0.1, 0.15) is 64.9 Å². The SMILES string of the molecule is C=CCN(Cc1ccccc1)C(=O)[C@@H]1[C@@H]2CCC3(S2)C(C(=O)N(CC=C)C(C)(C)C)N(CCCCCCO)C(=O)[C@H]13. The number of aliphatic hydroxyl groups is 1. The first-order valence-corrected chi connectivity index (χ1v) is 15.9. The number of amides is 3. The number of fused-ring (bicyclic) bond motifs is 1. The quantitative estimate of drug-likeness (QED) is 0.255. The van der Waals surface area contributed by atoms with Crippen LogP contribution in [0.3, 0.4) is 0 Å². The number of benzene rings is 1. The summed E-state index contributed by atoms with van der Waals surface area (Å²) in [5.41, 5.74) is 0.594. The third kappa shape index (κ3) is 6.14. The van der Waals surface area contributed by atoms with Gasteiger partial charge in [-0.1, -0.05) is 55.3 Å². The molecule has 5 atom stereocenters. The fourth-order valence-electron chi connectivity index (χ4n) is 7.08. The smallest absolute Gasteiger partial charge is 0.247 e. The van der Waals surface area contributed by atoms with Gasteiger partial charge >= 0.3 is 0 Å². The first-order valence-electron chi connectivity index (χ1n) is 15.1.